The van der Waals surface area contributed by atoms with Gasteiger partial charge >= 0.3 is 0 Å². The lowest BCUT2D eigenvalue weighted by atomic mass is 9.96. The third kappa shape index (κ3) is 4.21. The number of ether oxygens (including phenoxy) is 1. The summed E-state index contributed by atoms with van der Waals surface area (Å²) in [5, 5.41) is 16.6. The number of methoxy groups -OCH3 is 1. The van der Waals surface area contributed by atoms with E-state index in [0.717, 1.165) is 42.6 Å². The first-order chi connectivity index (χ1) is 12.7. The minimum Gasteiger partial charge on any atom is -0.497 e. The van der Waals surface area contributed by atoms with Crippen LogP contribution >= 0.6 is 11.3 Å². The number of aryl methyl sites for hydroxylation is 1. The van der Waals surface area contributed by atoms with E-state index in [4.69, 9.17) is 9.57 Å². The molecule has 134 valence electrons. The average molecular weight is 369 g/mol. The fraction of sp³-hybridized carbons (Fsp3) is 0.316. The molecule has 0 saturated heterocycles. The maximum atomic E-state index is 12.1. The van der Waals surface area contributed by atoms with Crippen molar-refractivity contribution in [2.45, 2.75) is 25.7 Å². The Kier molecular flexibility index (Phi) is 5.87. The van der Waals surface area contributed by atoms with Crippen LogP contribution in [0.4, 0.5) is 5.00 Å². The van der Waals surface area contributed by atoms with Crippen LogP contribution in [0.5, 0.6) is 5.75 Å². The Morgan fingerprint density at radius 3 is 2.85 bits per heavy atom. The molecule has 2 aromatic rings. The molecule has 3 rings (SSSR count). The molecule has 0 radical (unpaired) electrons. The molecule has 7 heteroatoms. The molecule has 1 heterocycles. The molecule has 0 aliphatic heterocycles. The molecule has 1 aromatic carbocycles. The summed E-state index contributed by atoms with van der Waals surface area (Å²) < 4.78 is 5.08. The highest BCUT2D eigenvalue weighted by atomic mass is 32.1. The van der Waals surface area contributed by atoms with E-state index in [1.165, 1.54) is 22.4 Å². The number of thiophene rings is 1. The van der Waals surface area contributed by atoms with Gasteiger partial charge in [0.05, 0.1) is 18.9 Å². The standard InChI is InChI=1S/C19H19N3O3S/c1-24-14-8-6-13(7-9-14)11-21-25-12-18(23)22-19-16(10-20)15-4-2-3-5-17(15)26-19/h6-9,11H,2-5,12H2,1H3,(H,22,23)/b21-11+. The molecule has 6 nitrogen and oxygen atoms in total. The van der Waals surface area contributed by atoms with Crippen LogP contribution in [0.3, 0.4) is 0 Å². The number of carbonyl (C=O) groups excluding carboxylic acids is 1. The van der Waals surface area contributed by atoms with E-state index in [-0.39, 0.29) is 12.5 Å². The van der Waals surface area contributed by atoms with E-state index in [2.05, 4.69) is 16.5 Å². The third-order valence-electron chi connectivity index (χ3n) is 4.12. The van der Waals surface area contributed by atoms with Gasteiger partial charge in [-0.15, -0.1) is 11.3 Å². The zero-order chi connectivity index (χ0) is 18.4. The lowest BCUT2D eigenvalue weighted by Gasteiger charge is -2.09. The van der Waals surface area contributed by atoms with Crippen molar-refractivity contribution >= 4 is 28.5 Å². The summed E-state index contributed by atoms with van der Waals surface area (Å²) in [7, 11) is 1.60. The van der Waals surface area contributed by atoms with Crippen molar-refractivity contribution in [3.63, 3.8) is 0 Å². The van der Waals surface area contributed by atoms with E-state index >= 15 is 0 Å². The van der Waals surface area contributed by atoms with Crippen LogP contribution in [0, 0.1) is 11.3 Å². The summed E-state index contributed by atoms with van der Waals surface area (Å²) >= 11 is 1.49. The van der Waals surface area contributed by atoms with Gasteiger partial charge in [-0.2, -0.15) is 5.26 Å². The summed E-state index contributed by atoms with van der Waals surface area (Å²) in [6.07, 6.45) is 5.64. The van der Waals surface area contributed by atoms with Crippen LogP contribution in [-0.2, 0) is 22.5 Å². The molecule has 0 saturated carbocycles. The van der Waals surface area contributed by atoms with Gasteiger partial charge in [0.1, 0.15) is 16.8 Å². The third-order valence-corrected chi connectivity index (χ3v) is 5.33. The monoisotopic (exact) mass is 369 g/mol. The number of fused-ring (bicyclic) bond motifs is 1. The van der Waals surface area contributed by atoms with Gasteiger partial charge in [0.15, 0.2) is 6.61 Å². The summed E-state index contributed by atoms with van der Waals surface area (Å²) in [6.45, 7) is -0.208. The Balaban J connectivity index is 1.53. The first-order valence-electron chi connectivity index (χ1n) is 8.35. The number of amides is 1. The largest absolute Gasteiger partial charge is 0.497 e. The maximum Gasteiger partial charge on any atom is 0.265 e. The van der Waals surface area contributed by atoms with Gasteiger partial charge in [-0.25, -0.2) is 0 Å². The Morgan fingerprint density at radius 1 is 1.35 bits per heavy atom. The molecule has 26 heavy (non-hydrogen) atoms. The molecule has 1 aliphatic carbocycles. The van der Waals surface area contributed by atoms with E-state index in [0.29, 0.717) is 10.6 Å². The Bertz CT molecular complexity index is 850. The molecule has 1 aliphatic rings. The first kappa shape index (κ1) is 18.0. The van der Waals surface area contributed by atoms with Gasteiger partial charge in [-0.1, -0.05) is 5.16 Å². The summed E-state index contributed by atoms with van der Waals surface area (Å²) in [4.78, 5) is 18.3. The number of hydrogen-bond donors (Lipinski definition) is 1. The second-order valence-electron chi connectivity index (χ2n) is 5.86. The molecule has 1 amide bonds. The van der Waals surface area contributed by atoms with Gasteiger partial charge in [-0.05, 0) is 61.1 Å². The Hall–Kier alpha value is -2.85. The lowest BCUT2D eigenvalue weighted by Crippen LogP contribution is -2.17. The minimum atomic E-state index is -0.327. The normalized spacial score (nSPS) is 13.1. The van der Waals surface area contributed by atoms with Gasteiger partial charge < -0.3 is 14.9 Å². The molecule has 0 spiro atoms. The number of nitrogens with one attached hydrogen (secondary N) is 1. The van der Waals surface area contributed by atoms with Crippen LogP contribution in [0.25, 0.3) is 0 Å². The van der Waals surface area contributed by atoms with Crippen molar-refractivity contribution in [2.24, 2.45) is 5.16 Å². The SMILES string of the molecule is COc1ccc(/C=N/OCC(=O)Nc2sc3c(c2C#N)CCCC3)cc1. The molecule has 0 atom stereocenters. The molecule has 1 N–H and O–H groups in total. The van der Waals surface area contributed by atoms with Crippen molar-refractivity contribution in [3.8, 4) is 11.8 Å². The van der Waals surface area contributed by atoms with E-state index in [1.807, 2.05) is 24.3 Å². The fourth-order valence-corrected chi connectivity index (χ4v) is 4.07. The predicted octanol–water partition coefficient (Wildman–Crippen LogP) is 3.50. The summed E-state index contributed by atoms with van der Waals surface area (Å²) in [5.41, 5.74) is 2.53. The molecular formula is C19H19N3O3S. The summed E-state index contributed by atoms with van der Waals surface area (Å²) in [5.74, 6) is 0.432. The minimum absolute atomic E-state index is 0.208. The number of carbonyl (C=O) groups is 1. The van der Waals surface area contributed by atoms with Crippen LogP contribution < -0.4 is 10.1 Å². The van der Waals surface area contributed by atoms with Crippen molar-refractivity contribution < 1.29 is 14.4 Å². The lowest BCUT2D eigenvalue weighted by molar-refractivity contribution is -0.120. The quantitative estimate of drug-likeness (QED) is 0.624. The van der Waals surface area contributed by atoms with Crippen molar-refractivity contribution in [2.75, 3.05) is 19.0 Å². The second-order valence-corrected chi connectivity index (χ2v) is 6.96. The fourth-order valence-electron chi connectivity index (χ4n) is 2.82. The van der Waals surface area contributed by atoms with Crippen molar-refractivity contribution in [3.05, 3.63) is 45.8 Å². The highest BCUT2D eigenvalue weighted by Crippen LogP contribution is 2.37. The smallest absolute Gasteiger partial charge is 0.265 e. The van der Waals surface area contributed by atoms with Gasteiger partial charge in [0, 0.05) is 4.88 Å². The number of hydrogen-bond acceptors (Lipinski definition) is 6. The van der Waals surface area contributed by atoms with E-state index in [9.17, 15) is 10.1 Å². The number of benzene rings is 1. The van der Waals surface area contributed by atoms with Crippen LogP contribution in [0.2, 0.25) is 0 Å². The number of rotatable bonds is 6. The highest BCUT2D eigenvalue weighted by molar-refractivity contribution is 7.16. The zero-order valence-electron chi connectivity index (χ0n) is 14.4. The predicted molar refractivity (Wildman–Crippen MR) is 101 cm³/mol. The molecule has 0 bridgehead atoms. The Morgan fingerprint density at radius 2 is 2.12 bits per heavy atom. The topological polar surface area (TPSA) is 83.7 Å². The number of nitriles is 1. The zero-order valence-corrected chi connectivity index (χ0v) is 15.3. The number of oxime groups is 1. The molecule has 0 fully saturated rings. The maximum absolute atomic E-state index is 12.1. The number of nitrogens with zero attached hydrogens (tertiary/aromatic N) is 2. The van der Waals surface area contributed by atoms with Crippen molar-refractivity contribution in [1.82, 2.24) is 0 Å². The first-order valence-corrected chi connectivity index (χ1v) is 9.16. The number of anilines is 1. The van der Waals surface area contributed by atoms with E-state index < -0.39 is 0 Å². The van der Waals surface area contributed by atoms with Gasteiger partial charge in [0.2, 0.25) is 0 Å². The molecule has 0 unspecified atom stereocenters. The molecule has 1 aromatic heterocycles. The van der Waals surface area contributed by atoms with Crippen LogP contribution in [0.15, 0.2) is 29.4 Å². The van der Waals surface area contributed by atoms with Crippen LogP contribution in [0.1, 0.15) is 34.4 Å². The van der Waals surface area contributed by atoms with E-state index in [1.54, 1.807) is 7.11 Å². The molecular weight excluding hydrogens is 350 g/mol. The van der Waals surface area contributed by atoms with Gasteiger partial charge in [0.25, 0.3) is 5.91 Å². The van der Waals surface area contributed by atoms with Crippen molar-refractivity contribution in [1.29, 1.82) is 5.26 Å². The average Bonchev–Trinajstić information content (AvgIpc) is 3.02. The second kappa shape index (κ2) is 8.50. The van der Waals surface area contributed by atoms with Crippen LogP contribution in [-0.4, -0.2) is 25.8 Å². The highest BCUT2D eigenvalue weighted by Gasteiger charge is 2.21. The summed E-state index contributed by atoms with van der Waals surface area (Å²) in [6, 6.07) is 9.52. The Labute approximate surface area is 156 Å². The van der Waals surface area contributed by atoms with Gasteiger partial charge in [-0.3, -0.25) is 4.79 Å².